The maximum absolute atomic E-state index is 11.9. The summed E-state index contributed by atoms with van der Waals surface area (Å²) < 4.78 is 9.85. The van der Waals surface area contributed by atoms with E-state index in [4.69, 9.17) is 4.74 Å². The number of methoxy groups -OCH3 is 1. The van der Waals surface area contributed by atoms with Crippen LogP contribution in [0.4, 0.5) is 4.79 Å². The average Bonchev–Trinajstić information content (AvgIpc) is 2.71. The first-order chi connectivity index (χ1) is 8.33. The Bertz CT molecular complexity index is 343. The number of hydrogen-bond donors (Lipinski definition) is 0. The normalized spacial score (nSPS) is 20.2. The molecule has 1 amide bonds. The van der Waals surface area contributed by atoms with Gasteiger partial charge in [0.05, 0.1) is 13.2 Å². The third-order valence-corrected chi connectivity index (χ3v) is 2.58. The van der Waals surface area contributed by atoms with Crippen LogP contribution in [0.5, 0.6) is 0 Å². The SMILES string of the molecule is COC(=O)/C=C\C1CCCN1C(=O)OC(C)(C)C. The minimum Gasteiger partial charge on any atom is -0.466 e. The molecule has 5 nitrogen and oxygen atoms in total. The first-order valence-corrected chi connectivity index (χ1v) is 6.09. The van der Waals surface area contributed by atoms with Crippen molar-refractivity contribution in [2.24, 2.45) is 0 Å². The van der Waals surface area contributed by atoms with Crippen molar-refractivity contribution in [2.75, 3.05) is 13.7 Å². The molecule has 1 aliphatic rings. The summed E-state index contributed by atoms with van der Waals surface area (Å²) in [5.41, 5.74) is -0.504. The molecule has 5 heteroatoms. The summed E-state index contributed by atoms with van der Waals surface area (Å²) in [6.07, 6.45) is 4.47. The number of hydrogen-bond acceptors (Lipinski definition) is 4. The highest BCUT2D eigenvalue weighted by atomic mass is 16.6. The van der Waals surface area contributed by atoms with Crippen LogP contribution >= 0.6 is 0 Å². The third-order valence-electron chi connectivity index (χ3n) is 2.58. The van der Waals surface area contributed by atoms with Crippen LogP contribution < -0.4 is 0 Å². The van der Waals surface area contributed by atoms with Gasteiger partial charge in [-0.05, 0) is 33.6 Å². The van der Waals surface area contributed by atoms with Gasteiger partial charge in [0, 0.05) is 12.6 Å². The second kappa shape index (κ2) is 5.89. The van der Waals surface area contributed by atoms with Gasteiger partial charge in [0.15, 0.2) is 0 Å². The maximum atomic E-state index is 11.9. The van der Waals surface area contributed by atoms with Gasteiger partial charge in [-0.15, -0.1) is 0 Å². The van der Waals surface area contributed by atoms with E-state index in [0.29, 0.717) is 6.54 Å². The Morgan fingerprint density at radius 3 is 2.56 bits per heavy atom. The lowest BCUT2D eigenvalue weighted by atomic mass is 10.2. The maximum Gasteiger partial charge on any atom is 0.410 e. The second-order valence-corrected chi connectivity index (χ2v) is 5.27. The number of nitrogens with zero attached hydrogens (tertiary/aromatic N) is 1. The van der Waals surface area contributed by atoms with Crippen molar-refractivity contribution in [2.45, 2.75) is 45.3 Å². The summed E-state index contributed by atoms with van der Waals surface area (Å²) in [5, 5.41) is 0. The fourth-order valence-electron chi connectivity index (χ4n) is 1.80. The number of esters is 1. The van der Waals surface area contributed by atoms with Gasteiger partial charge in [-0.2, -0.15) is 0 Å². The average molecular weight is 255 g/mol. The van der Waals surface area contributed by atoms with Crippen molar-refractivity contribution in [3.63, 3.8) is 0 Å². The lowest BCUT2D eigenvalue weighted by Gasteiger charge is -2.27. The molecule has 1 unspecified atom stereocenters. The number of amides is 1. The number of rotatable bonds is 2. The largest absolute Gasteiger partial charge is 0.466 e. The minimum absolute atomic E-state index is 0.0843. The molecule has 0 aliphatic carbocycles. The topological polar surface area (TPSA) is 55.8 Å². The van der Waals surface area contributed by atoms with Crippen molar-refractivity contribution in [1.82, 2.24) is 4.90 Å². The molecule has 0 bridgehead atoms. The Balaban J connectivity index is 2.62. The van der Waals surface area contributed by atoms with E-state index in [9.17, 15) is 9.59 Å². The van der Waals surface area contributed by atoms with Gasteiger partial charge in [0.25, 0.3) is 0 Å². The quantitative estimate of drug-likeness (QED) is 0.560. The lowest BCUT2D eigenvalue weighted by Crippen LogP contribution is -2.39. The van der Waals surface area contributed by atoms with Gasteiger partial charge < -0.3 is 14.4 Å². The zero-order valence-corrected chi connectivity index (χ0v) is 11.4. The van der Waals surface area contributed by atoms with Crippen LogP contribution in [0.25, 0.3) is 0 Å². The van der Waals surface area contributed by atoms with Gasteiger partial charge in [-0.3, -0.25) is 0 Å². The van der Waals surface area contributed by atoms with E-state index in [-0.39, 0.29) is 12.1 Å². The summed E-state index contributed by atoms with van der Waals surface area (Å²) in [6, 6.07) is -0.0843. The summed E-state index contributed by atoms with van der Waals surface area (Å²) in [6.45, 7) is 6.16. The van der Waals surface area contributed by atoms with E-state index >= 15 is 0 Å². The van der Waals surface area contributed by atoms with Crippen LogP contribution in [0.2, 0.25) is 0 Å². The van der Waals surface area contributed by atoms with E-state index in [2.05, 4.69) is 4.74 Å². The molecule has 0 aromatic carbocycles. The van der Waals surface area contributed by atoms with Crippen molar-refractivity contribution < 1.29 is 19.1 Å². The third kappa shape index (κ3) is 4.39. The predicted octanol–water partition coefficient (Wildman–Crippen LogP) is 2.12. The van der Waals surface area contributed by atoms with E-state index in [1.807, 2.05) is 20.8 Å². The number of carbonyl (C=O) groups excluding carboxylic acids is 2. The van der Waals surface area contributed by atoms with Crippen LogP contribution in [0.15, 0.2) is 12.2 Å². The molecule has 0 aromatic heterocycles. The Morgan fingerprint density at radius 1 is 1.33 bits per heavy atom. The zero-order chi connectivity index (χ0) is 13.8. The molecular formula is C13H21NO4. The van der Waals surface area contributed by atoms with E-state index in [1.54, 1.807) is 11.0 Å². The molecule has 18 heavy (non-hydrogen) atoms. The molecule has 1 rings (SSSR count). The zero-order valence-electron chi connectivity index (χ0n) is 11.4. The lowest BCUT2D eigenvalue weighted by molar-refractivity contribution is -0.134. The molecule has 1 fully saturated rings. The number of ether oxygens (including phenoxy) is 2. The smallest absolute Gasteiger partial charge is 0.410 e. The fourth-order valence-corrected chi connectivity index (χ4v) is 1.80. The second-order valence-electron chi connectivity index (χ2n) is 5.27. The molecule has 0 spiro atoms. The monoisotopic (exact) mass is 255 g/mol. The summed E-state index contributed by atoms with van der Waals surface area (Å²) in [7, 11) is 1.33. The number of carbonyl (C=O) groups is 2. The van der Waals surface area contributed by atoms with Gasteiger partial charge >= 0.3 is 12.1 Å². The fraction of sp³-hybridized carbons (Fsp3) is 0.692. The molecule has 1 aliphatic heterocycles. The highest BCUT2D eigenvalue weighted by Crippen LogP contribution is 2.21. The van der Waals surface area contributed by atoms with E-state index in [1.165, 1.54) is 13.2 Å². The van der Waals surface area contributed by atoms with Crippen LogP contribution in [0, 0.1) is 0 Å². The van der Waals surface area contributed by atoms with E-state index < -0.39 is 11.6 Å². The summed E-state index contributed by atoms with van der Waals surface area (Å²) >= 11 is 0. The van der Waals surface area contributed by atoms with Crippen LogP contribution in [0.3, 0.4) is 0 Å². The summed E-state index contributed by atoms with van der Waals surface area (Å²) in [5.74, 6) is -0.411. The molecule has 0 aromatic rings. The minimum atomic E-state index is -0.504. The van der Waals surface area contributed by atoms with Gasteiger partial charge in [0.2, 0.25) is 0 Å². The van der Waals surface area contributed by atoms with Gasteiger partial charge in [0.1, 0.15) is 5.60 Å². The Labute approximate surface area is 108 Å². The Morgan fingerprint density at radius 2 is 2.00 bits per heavy atom. The Hall–Kier alpha value is -1.52. The van der Waals surface area contributed by atoms with Crippen molar-refractivity contribution in [1.29, 1.82) is 0 Å². The molecule has 0 radical (unpaired) electrons. The van der Waals surface area contributed by atoms with E-state index in [0.717, 1.165) is 12.8 Å². The first kappa shape index (κ1) is 14.5. The summed E-state index contributed by atoms with van der Waals surface area (Å²) in [4.78, 5) is 24.6. The van der Waals surface area contributed by atoms with Crippen molar-refractivity contribution >= 4 is 12.1 Å². The van der Waals surface area contributed by atoms with Crippen molar-refractivity contribution in [3.05, 3.63) is 12.2 Å². The van der Waals surface area contributed by atoms with Crippen LogP contribution in [0.1, 0.15) is 33.6 Å². The molecule has 1 heterocycles. The van der Waals surface area contributed by atoms with Gasteiger partial charge in [-0.25, -0.2) is 9.59 Å². The predicted molar refractivity (Wildman–Crippen MR) is 67.1 cm³/mol. The molecular weight excluding hydrogens is 234 g/mol. The van der Waals surface area contributed by atoms with Crippen LogP contribution in [-0.4, -0.2) is 42.3 Å². The molecule has 0 saturated carbocycles. The highest BCUT2D eigenvalue weighted by Gasteiger charge is 2.30. The molecule has 1 saturated heterocycles. The molecule has 102 valence electrons. The number of likely N-dealkylation sites (tertiary alicyclic amines) is 1. The molecule has 1 atom stereocenters. The highest BCUT2D eigenvalue weighted by molar-refractivity contribution is 5.82. The Kier molecular flexibility index (Phi) is 4.76. The van der Waals surface area contributed by atoms with Crippen molar-refractivity contribution in [3.8, 4) is 0 Å². The standard InChI is InChI=1S/C13H21NO4/c1-13(2,3)18-12(16)14-9-5-6-10(14)7-8-11(15)17-4/h7-8,10H,5-6,9H2,1-4H3/b8-7-. The van der Waals surface area contributed by atoms with Crippen LogP contribution in [-0.2, 0) is 14.3 Å². The first-order valence-electron chi connectivity index (χ1n) is 6.09. The molecule has 0 N–H and O–H groups in total. The van der Waals surface area contributed by atoms with Gasteiger partial charge in [-0.1, -0.05) is 6.08 Å².